The zero-order valence-corrected chi connectivity index (χ0v) is 11.4. The smallest absolute Gasteiger partial charge is 0.235 e. The number of hydrogen-bond donors (Lipinski definition) is 1. The molecule has 1 aliphatic heterocycles. The van der Waals surface area contributed by atoms with Gasteiger partial charge in [0.05, 0.1) is 10.4 Å². The number of nitrogens with zero attached hydrogens (tertiary/aromatic N) is 2. The van der Waals surface area contributed by atoms with Crippen molar-refractivity contribution in [2.45, 2.75) is 32.7 Å². The van der Waals surface area contributed by atoms with E-state index >= 15 is 0 Å². The minimum Gasteiger partial charge on any atom is -0.392 e. The van der Waals surface area contributed by atoms with Crippen LogP contribution in [0.25, 0.3) is 0 Å². The Labute approximate surface area is 108 Å². The standard InChI is InChI=1S/C12H21N3OS/c1-12(2,10(13)17)11(16)15-7-5-14(6-8-15)9-3-4-9/h9H,3-8H2,1-2H3,(H2,13,17). The van der Waals surface area contributed by atoms with Gasteiger partial charge in [0.1, 0.15) is 0 Å². The van der Waals surface area contributed by atoms with Gasteiger partial charge in [-0.05, 0) is 26.7 Å². The summed E-state index contributed by atoms with van der Waals surface area (Å²) in [6, 6.07) is 0.788. The van der Waals surface area contributed by atoms with Gasteiger partial charge >= 0.3 is 0 Å². The predicted molar refractivity (Wildman–Crippen MR) is 71.7 cm³/mol. The van der Waals surface area contributed by atoms with Gasteiger partial charge in [-0.2, -0.15) is 0 Å². The Bertz CT molecular complexity index is 331. The van der Waals surface area contributed by atoms with Gasteiger partial charge in [0.15, 0.2) is 0 Å². The van der Waals surface area contributed by atoms with Gasteiger partial charge < -0.3 is 10.6 Å². The van der Waals surface area contributed by atoms with E-state index in [4.69, 9.17) is 18.0 Å². The molecule has 1 amide bonds. The minimum atomic E-state index is -0.711. The second-order valence-corrected chi connectivity index (χ2v) is 5.99. The number of hydrogen-bond acceptors (Lipinski definition) is 3. The van der Waals surface area contributed by atoms with E-state index < -0.39 is 5.41 Å². The summed E-state index contributed by atoms with van der Waals surface area (Å²) in [5.41, 5.74) is 4.93. The molecule has 0 radical (unpaired) electrons. The Morgan fingerprint density at radius 1 is 1.24 bits per heavy atom. The van der Waals surface area contributed by atoms with Crippen molar-refractivity contribution in [1.29, 1.82) is 0 Å². The van der Waals surface area contributed by atoms with Gasteiger partial charge in [-0.25, -0.2) is 0 Å². The second kappa shape index (κ2) is 4.53. The van der Waals surface area contributed by atoms with Crippen LogP contribution in [0.2, 0.25) is 0 Å². The largest absolute Gasteiger partial charge is 0.392 e. The third-order valence-corrected chi connectivity index (χ3v) is 4.33. The van der Waals surface area contributed by atoms with E-state index in [1.807, 2.05) is 18.7 Å². The number of thiocarbonyl (C=S) groups is 1. The molecule has 0 spiro atoms. The summed E-state index contributed by atoms with van der Waals surface area (Å²) in [6.07, 6.45) is 2.65. The summed E-state index contributed by atoms with van der Waals surface area (Å²) >= 11 is 4.97. The average molecular weight is 255 g/mol. The third kappa shape index (κ3) is 2.60. The minimum absolute atomic E-state index is 0.0699. The van der Waals surface area contributed by atoms with E-state index in [1.54, 1.807) is 0 Å². The molecule has 0 aromatic heterocycles. The molecule has 1 aliphatic carbocycles. The van der Waals surface area contributed by atoms with Gasteiger partial charge in [-0.1, -0.05) is 12.2 Å². The lowest BCUT2D eigenvalue weighted by Crippen LogP contribution is -2.54. The molecule has 1 heterocycles. The Morgan fingerprint density at radius 3 is 2.18 bits per heavy atom. The maximum absolute atomic E-state index is 12.3. The molecule has 0 bridgehead atoms. The highest BCUT2D eigenvalue weighted by Crippen LogP contribution is 2.28. The molecule has 5 heteroatoms. The van der Waals surface area contributed by atoms with Crippen LogP contribution in [0.1, 0.15) is 26.7 Å². The molecule has 0 aromatic rings. The van der Waals surface area contributed by atoms with Gasteiger partial charge in [0.2, 0.25) is 5.91 Å². The van der Waals surface area contributed by atoms with E-state index in [0.717, 1.165) is 32.2 Å². The van der Waals surface area contributed by atoms with Crippen molar-refractivity contribution >= 4 is 23.1 Å². The van der Waals surface area contributed by atoms with E-state index in [1.165, 1.54) is 12.8 Å². The van der Waals surface area contributed by atoms with Gasteiger partial charge in [-0.3, -0.25) is 9.69 Å². The van der Waals surface area contributed by atoms with Crippen LogP contribution in [0.3, 0.4) is 0 Å². The molecule has 96 valence electrons. The summed E-state index contributed by atoms with van der Waals surface area (Å²) in [5.74, 6) is 0.0699. The SMILES string of the molecule is CC(C)(C(=O)N1CCN(C2CC2)CC1)C(N)=S. The Kier molecular flexibility index (Phi) is 3.41. The third-order valence-electron chi connectivity index (χ3n) is 3.82. The monoisotopic (exact) mass is 255 g/mol. The molecule has 1 saturated heterocycles. The number of rotatable bonds is 3. The van der Waals surface area contributed by atoms with Crippen molar-refractivity contribution in [3.05, 3.63) is 0 Å². The van der Waals surface area contributed by atoms with Crippen LogP contribution in [0.5, 0.6) is 0 Å². The van der Waals surface area contributed by atoms with Crippen LogP contribution in [-0.2, 0) is 4.79 Å². The molecule has 2 N–H and O–H groups in total. The van der Waals surface area contributed by atoms with Crippen molar-refractivity contribution in [2.75, 3.05) is 26.2 Å². The molecule has 2 rings (SSSR count). The van der Waals surface area contributed by atoms with Crippen LogP contribution in [0, 0.1) is 5.41 Å². The first-order valence-corrected chi connectivity index (χ1v) is 6.67. The molecule has 0 aromatic carbocycles. The quantitative estimate of drug-likeness (QED) is 0.751. The molecule has 1 saturated carbocycles. The molecule has 0 unspecified atom stereocenters. The molecular formula is C12H21N3OS. The molecule has 4 nitrogen and oxygen atoms in total. The molecular weight excluding hydrogens is 234 g/mol. The molecule has 2 fully saturated rings. The lowest BCUT2D eigenvalue weighted by Gasteiger charge is -2.38. The molecule has 2 aliphatic rings. The van der Waals surface area contributed by atoms with Crippen molar-refractivity contribution < 1.29 is 4.79 Å². The number of amides is 1. The zero-order valence-electron chi connectivity index (χ0n) is 10.6. The van der Waals surface area contributed by atoms with Crippen LogP contribution < -0.4 is 5.73 Å². The summed E-state index contributed by atoms with van der Waals surface area (Å²) < 4.78 is 0. The van der Waals surface area contributed by atoms with Crippen LogP contribution >= 0.6 is 12.2 Å². The first kappa shape index (κ1) is 12.8. The maximum atomic E-state index is 12.3. The van der Waals surface area contributed by atoms with Crippen LogP contribution in [0.15, 0.2) is 0 Å². The van der Waals surface area contributed by atoms with Crippen LogP contribution in [0.4, 0.5) is 0 Å². The maximum Gasteiger partial charge on any atom is 0.235 e. The van der Waals surface area contributed by atoms with Crippen molar-refractivity contribution in [3.8, 4) is 0 Å². The number of piperazine rings is 1. The van der Waals surface area contributed by atoms with E-state index in [0.29, 0.717) is 0 Å². The Balaban J connectivity index is 1.91. The molecule has 17 heavy (non-hydrogen) atoms. The average Bonchev–Trinajstić information content (AvgIpc) is 3.12. The normalized spacial score (nSPS) is 22.6. The van der Waals surface area contributed by atoms with E-state index in [9.17, 15) is 4.79 Å². The second-order valence-electron chi connectivity index (χ2n) is 5.55. The predicted octanol–water partition coefficient (Wildman–Crippen LogP) is 0.605. The Hall–Kier alpha value is -0.680. The topological polar surface area (TPSA) is 49.6 Å². The highest BCUT2D eigenvalue weighted by Gasteiger charge is 2.38. The number of nitrogens with two attached hydrogens (primary N) is 1. The Morgan fingerprint density at radius 2 is 1.76 bits per heavy atom. The highest BCUT2D eigenvalue weighted by molar-refractivity contribution is 7.80. The van der Waals surface area contributed by atoms with E-state index in [2.05, 4.69) is 4.90 Å². The lowest BCUT2D eigenvalue weighted by atomic mass is 9.91. The lowest BCUT2D eigenvalue weighted by molar-refractivity contribution is -0.138. The van der Waals surface area contributed by atoms with Gasteiger partial charge in [0, 0.05) is 32.2 Å². The summed E-state index contributed by atoms with van der Waals surface area (Å²) in [5, 5.41) is 0. The van der Waals surface area contributed by atoms with Crippen molar-refractivity contribution in [3.63, 3.8) is 0 Å². The number of carbonyl (C=O) groups excluding carboxylic acids is 1. The van der Waals surface area contributed by atoms with Crippen molar-refractivity contribution in [2.24, 2.45) is 11.1 Å². The summed E-state index contributed by atoms with van der Waals surface area (Å²) in [7, 11) is 0. The molecule has 0 atom stereocenters. The summed E-state index contributed by atoms with van der Waals surface area (Å²) in [6.45, 7) is 7.21. The van der Waals surface area contributed by atoms with E-state index in [-0.39, 0.29) is 10.9 Å². The zero-order chi connectivity index (χ0) is 12.6. The van der Waals surface area contributed by atoms with Crippen molar-refractivity contribution in [1.82, 2.24) is 9.80 Å². The fourth-order valence-corrected chi connectivity index (χ4v) is 2.32. The fraction of sp³-hybridized carbons (Fsp3) is 0.833. The number of carbonyl (C=O) groups is 1. The van der Waals surface area contributed by atoms with Gasteiger partial charge in [-0.15, -0.1) is 0 Å². The fourth-order valence-electron chi connectivity index (χ4n) is 2.23. The highest BCUT2D eigenvalue weighted by atomic mass is 32.1. The first-order valence-electron chi connectivity index (χ1n) is 6.26. The summed E-state index contributed by atoms with van der Waals surface area (Å²) in [4.78, 5) is 17.0. The van der Waals surface area contributed by atoms with Gasteiger partial charge in [0.25, 0.3) is 0 Å². The van der Waals surface area contributed by atoms with Crippen LogP contribution in [-0.4, -0.2) is 52.9 Å². The first-order chi connectivity index (χ1) is 7.93.